The molecule has 1 unspecified atom stereocenters. The molecule has 0 bridgehead atoms. The van der Waals surface area contributed by atoms with E-state index in [0.717, 1.165) is 15.6 Å². The Morgan fingerprint density at radius 1 is 1.45 bits per heavy atom. The second-order valence-electron chi connectivity index (χ2n) is 2.48. The first-order chi connectivity index (χ1) is 5.11. The molecule has 0 fully saturated rings. The summed E-state index contributed by atoms with van der Waals surface area (Å²) in [6.45, 7) is 2.18. The molecule has 0 aromatic rings. The molecule has 0 aliphatic carbocycles. The minimum absolute atomic E-state index is 0.534. The van der Waals surface area contributed by atoms with Crippen molar-refractivity contribution >= 4 is 47.8 Å². The molecule has 62 valence electrons. The minimum atomic E-state index is 0.534. The molecule has 11 heavy (non-hydrogen) atoms. The van der Waals surface area contributed by atoms with E-state index in [0.29, 0.717) is 5.92 Å². The minimum Gasteiger partial charge on any atom is -0.344 e. The Bertz CT molecular complexity index is 220. The summed E-state index contributed by atoms with van der Waals surface area (Å²) in [6.07, 6.45) is 3.17. The average Bonchev–Trinajstić information content (AvgIpc) is 2.05. The van der Waals surface area contributed by atoms with Crippen LogP contribution in [0.2, 0.25) is 0 Å². The third-order valence-electron chi connectivity index (χ3n) is 1.52. The standard InChI is InChI=1S/C7H8Br3N/c1-4-2-3-5(8)11-7(10)6(4)9/h3-4,11H,2H2,1H3. The van der Waals surface area contributed by atoms with Gasteiger partial charge in [-0.2, -0.15) is 0 Å². The summed E-state index contributed by atoms with van der Waals surface area (Å²) in [4.78, 5) is 0. The highest BCUT2D eigenvalue weighted by atomic mass is 79.9. The van der Waals surface area contributed by atoms with Crippen molar-refractivity contribution in [3.05, 3.63) is 19.8 Å². The van der Waals surface area contributed by atoms with Gasteiger partial charge < -0.3 is 5.32 Å². The maximum Gasteiger partial charge on any atom is 0.0933 e. The van der Waals surface area contributed by atoms with Gasteiger partial charge in [0.25, 0.3) is 0 Å². The third kappa shape index (κ3) is 2.60. The third-order valence-corrected chi connectivity index (χ3v) is 4.38. The Morgan fingerprint density at radius 2 is 2.09 bits per heavy atom. The van der Waals surface area contributed by atoms with Crippen LogP contribution in [0, 0.1) is 5.92 Å². The maximum absolute atomic E-state index is 3.51. The van der Waals surface area contributed by atoms with Crippen LogP contribution in [0.3, 0.4) is 0 Å². The first kappa shape index (κ1) is 9.81. The van der Waals surface area contributed by atoms with Crippen LogP contribution in [0.1, 0.15) is 13.3 Å². The van der Waals surface area contributed by atoms with E-state index in [4.69, 9.17) is 0 Å². The zero-order chi connectivity index (χ0) is 8.43. The number of halogens is 3. The van der Waals surface area contributed by atoms with Crippen molar-refractivity contribution in [2.75, 3.05) is 0 Å². The van der Waals surface area contributed by atoms with Gasteiger partial charge in [0, 0.05) is 4.48 Å². The molecule has 0 aromatic heterocycles. The molecule has 0 saturated heterocycles. The Morgan fingerprint density at radius 3 is 2.73 bits per heavy atom. The lowest BCUT2D eigenvalue weighted by Crippen LogP contribution is -2.03. The lowest BCUT2D eigenvalue weighted by molar-refractivity contribution is 0.737. The molecular weight excluding hydrogens is 338 g/mol. The monoisotopic (exact) mass is 343 g/mol. The zero-order valence-electron chi connectivity index (χ0n) is 6.00. The van der Waals surface area contributed by atoms with Crippen LogP contribution in [0.4, 0.5) is 0 Å². The van der Waals surface area contributed by atoms with Gasteiger partial charge in [0.05, 0.1) is 9.21 Å². The maximum atomic E-state index is 3.51. The van der Waals surface area contributed by atoms with Gasteiger partial charge in [-0.3, -0.25) is 0 Å². The second kappa shape index (κ2) is 4.10. The number of allylic oxidation sites excluding steroid dienone is 2. The van der Waals surface area contributed by atoms with Crippen LogP contribution in [0.25, 0.3) is 0 Å². The predicted molar refractivity (Wildman–Crippen MR) is 58.8 cm³/mol. The predicted octanol–water partition coefficient (Wildman–Crippen LogP) is 3.81. The summed E-state index contributed by atoms with van der Waals surface area (Å²) in [5.41, 5.74) is 0. The molecule has 0 aromatic carbocycles. The van der Waals surface area contributed by atoms with E-state index in [1.807, 2.05) is 0 Å². The molecule has 0 saturated carbocycles. The SMILES string of the molecule is CC1CC=C(Br)NC(Br)=C1Br. The van der Waals surface area contributed by atoms with E-state index < -0.39 is 0 Å². The highest BCUT2D eigenvalue weighted by Crippen LogP contribution is 2.30. The molecule has 1 heterocycles. The van der Waals surface area contributed by atoms with E-state index in [-0.39, 0.29) is 0 Å². The summed E-state index contributed by atoms with van der Waals surface area (Å²) in [7, 11) is 0. The average molecular weight is 346 g/mol. The lowest BCUT2D eigenvalue weighted by atomic mass is 10.1. The van der Waals surface area contributed by atoms with E-state index in [9.17, 15) is 0 Å². The first-order valence-electron chi connectivity index (χ1n) is 3.29. The summed E-state index contributed by atoms with van der Waals surface area (Å²) in [5.74, 6) is 0.534. The van der Waals surface area contributed by atoms with Crippen LogP contribution in [-0.2, 0) is 0 Å². The van der Waals surface area contributed by atoms with Gasteiger partial charge in [0.2, 0.25) is 0 Å². The van der Waals surface area contributed by atoms with Crippen molar-refractivity contribution < 1.29 is 0 Å². The molecule has 1 rings (SSSR count). The van der Waals surface area contributed by atoms with E-state index in [1.54, 1.807) is 0 Å². The number of hydrogen-bond donors (Lipinski definition) is 1. The highest BCUT2D eigenvalue weighted by molar-refractivity contribution is 9.14. The summed E-state index contributed by atoms with van der Waals surface area (Å²) >= 11 is 10.3. The fourth-order valence-electron chi connectivity index (χ4n) is 0.816. The van der Waals surface area contributed by atoms with Crippen LogP contribution in [0.5, 0.6) is 0 Å². The summed E-state index contributed by atoms with van der Waals surface area (Å²) < 4.78 is 3.21. The van der Waals surface area contributed by atoms with E-state index >= 15 is 0 Å². The molecular formula is C7H8Br3N. The molecule has 0 amide bonds. The van der Waals surface area contributed by atoms with Gasteiger partial charge >= 0.3 is 0 Å². The molecule has 1 N–H and O–H groups in total. The van der Waals surface area contributed by atoms with Gasteiger partial charge in [-0.1, -0.05) is 28.9 Å². The van der Waals surface area contributed by atoms with Crippen molar-refractivity contribution in [1.82, 2.24) is 5.32 Å². The van der Waals surface area contributed by atoms with Crippen molar-refractivity contribution in [2.24, 2.45) is 5.92 Å². The van der Waals surface area contributed by atoms with Crippen LogP contribution in [-0.4, -0.2) is 0 Å². The molecule has 1 aliphatic rings. The van der Waals surface area contributed by atoms with Crippen LogP contribution >= 0.6 is 47.8 Å². The van der Waals surface area contributed by atoms with Gasteiger partial charge in [-0.25, -0.2) is 0 Å². The fraction of sp³-hybridized carbons (Fsp3) is 0.429. The van der Waals surface area contributed by atoms with Crippen LogP contribution < -0.4 is 5.32 Å². The molecule has 4 heteroatoms. The fourth-order valence-corrected chi connectivity index (χ4v) is 2.36. The van der Waals surface area contributed by atoms with Gasteiger partial charge in [-0.15, -0.1) is 0 Å². The Labute approximate surface area is 91.7 Å². The molecule has 1 nitrogen and oxygen atoms in total. The molecule has 0 spiro atoms. The smallest absolute Gasteiger partial charge is 0.0933 e. The van der Waals surface area contributed by atoms with Crippen LogP contribution in [0.15, 0.2) is 19.8 Å². The number of hydrogen-bond acceptors (Lipinski definition) is 1. The van der Waals surface area contributed by atoms with Gasteiger partial charge in [-0.05, 0) is 44.2 Å². The first-order valence-corrected chi connectivity index (χ1v) is 5.67. The van der Waals surface area contributed by atoms with Crippen molar-refractivity contribution in [2.45, 2.75) is 13.3 Å². The largest absolute Gasteiger partial charge is 0.344 e. The molecule has 1 atom stereocenters. The Kier molecular flexibility index (Phi) is 3.65. The van der Waals surface area contributed by atoms with E-state index in [2.05, 4.69) is 66.1 Å². The molecule has 0 radical (unpaired) electrons. The van der Waals surface area contributed by atoms with E-state index in [1.165, 1.54) is 4.48 Å². The zero-order valence-corrected chi connectivity index (χ0v) is 10.8. The van der Waals surface area contributed by atoms with Crippen molar-refractivity contribution in [3.63, 3.8) is 0 Å². The lowest BCUT2D eigenvalue weighted by Gasteiger charge is -2.06. The number of rotatable bonds is 0. The summed E-state index contributed by atoms with van der Waals surface area (Å²) in [5, 5.41) is 3.15. The second-order valence-corrected chi connectivity index (χ2v) is 4.98. The summed E-state index contributed by atoms with van der Waals surface area (Å²) in [6, 6.07) is 0. The topological polar surface area (TPSA) is 12.0 Å². The molecule has 1 aliphatic heterocycles. The quantitative estimate of drug-likeness (QED) is 0.658. The Hall–Kier alpha value is 0.720. The normalized spacial score (nSPS) is 25.8. The van der Waals surface area contributed by atoms with Gasteiger partial charge in [0.1, 0.15) is 0 Å². The Balaban J connectivity index is 2.87. The number of nitrogens with one attached hydrogen (secondary N) is 1. The van der Waals surface area contributed by atoms with Crippen molar-refractivity contribution in [1.29, 1.82) is 0 Å². The van der Waals surface area contributed by atoms with Crippen molar-refractivity contribution in [3.8, 4) is 0 Å². The van der Waals surface area contributed by atoms with Gasteiger partial charge in [0.15, 0.2) is 0 Å². The highest BCUT2D eigenvalue weighted by Gasteiger charge is 2.13.